The van der Waals surface area contributed by atoms with Gasteiger partial charge in [-0.15, -0.1) is 0 Å². The molecule has 0 spiro atoms. The lowest BCUT2D eigenvalue weighted by atomic mass is 10.2. The average Bonchev–Trinajstić information content (AvgIpc) is 2.37. The minimum absolute atomic E-state index is 0.00339. The number of amides is 1. The van der Waals surface area contributed by atoms with Crippen molar-refractivity contribution < 1.29 is 14.5 Å². The maximum absolute atomic E-state index is 11.8. The monoisotopic (exact) mass is 298 g/mol. The van der Waals surface area contributed by atoms with Crippen LogP contribution < -0.4 is 5.32 Å². The van der Waals surface area contributed by atoms with E-state index in [9.17, 15) is 14.9 Å². The number of hydrogen-bond donors (Lipinski definition) is 1. The molecular formula is C13H15ClN2O4. The van der Waals surface area contributed by atoms with Crippen LogP contribution in [0.4, 0.5) is 5.69 Å². The van der Waals surface area contributed by atoms with Gasteiger partial charge in [-0.25, -0.2) is 0 Å². The number of ether oxygens (including phenoxy) is 1. The van der Waals surface area contributed by atoms with Crippen LogP contribution in [0.1, 0.15) is 17.3 Å². The van der Waals surface area contributed by atoms with Crippen molar-refractivity contribution in [2.45, 2.75) is 6.92 Å². The van der Waals surface area contributed by atoms with E-state index in [1.54, 1.807) is 0 Å². The Morgan fingerprint density at radius 1 is 1.55 bits per heavy atom. The number of nitrogens with zero attached hydrogens (tertiary/aromatic N) is 1. The quantitative estimate of drug-likeness (QED) is 0.363. The van der Waals surface area contributed by atoms with Gasteiger partial charge in [0.25, 0.3) is 11.6 Å². The Hall–Kier alpha value is -1.92. The van der Waals surface area contributed by atoms with Crippen LogP contribution in [0.3, 0.4) is 0 Å². The molecule has 1 rings (SSSR count). The summed E-state index contributed by atoms with van der Waals surface area (Å²) in [6, 6.07) is 3.90. The van der Waals surface area contributed by atoms with E-state index in [1.807, 2.05) is 6.92 Å². The van der Waals surface area contributed by atoms with Crippen LogP contribution in [-0.2, 0) is 4.74 Å². The number of hydrogen-bond acceptors (Lipinski definition) is 4. The molecule has 1 aromatic carbocycles. The molecule has 0 heterocycles. The average molecular weight is 299 g/mol. The molecular weight excluding hydrogens is 284 g/mol. The van der Waals surface area contributed by atoms with Crippen molar-refractivity contribution in [3.8, 4) is 0 Å². The Kier molecular flexibility index (Phi) is 6.14. The molecule has 0 aliphatic rings. The lowest BCUT2D eigenvalue weighted by Gasteiger charge is -2.06. The maximum Gasteiger partial charge on any atom is 0.288 e. The maximum atomic E-state index is 11.8. The van der Waals surface area contributed by atoms with Gasteiger partial charge in [-0.1, -0.05) is 23.8 Å². The smallest absolute Gasteiger partial charge is 0.288 e. The van der Waals surface area contributed by atoms with Crippen molar-refractivity contribution in [1.82, 2.24) is 5.32 Å². The number of benzene rings is 1. The van der Waals surface area contributed by atoms with Crippen LogP contribution in [-0.4, -0.2) is 30.6 Å². The standard InChI is InChI=1S/C13H15ClN2O4/c1-9(2)8-20-6-5-15-13(17)10-3-4-11(14)12(7-10)16(18)19/h3-4,7H,1,5-6,8H2,2H3,(H,15,17). The molecule has 0 fully saturated rings. The first kappa shape index (κ1) is 16.1. The van der Waals surface area contributed by atoms with Gasteiger partial charge >= 0.3 is 0 Å². The highest BCUT2D eigenvalue weighted by atomic mass is 35.5. The van der Waals surface area contributed by atoms with Crippen molar-refractivity contribution in [2.24, 2.45) is 0 Å². The first-order chi connectivity index (χ1) is 9.41. The Bertz CT molecular complexity index is 531. The summed E-state index contributed by atoms with van der Waals surface area (Å²) in [5.74, 6) is -0.413. The summed E-state index contributed by atoms with van der Waals surface area (Å²) < 4.78 is 5.22. The third kappa shape index (κ3) is 4.99. The van der Waals surface area contributed by atoms with Crippen molar-refractivity contribution >= 4 is 23.2 Å². The fraction of sp³-hybridized carbons (Fsp3) is 0.308. The third-order valence-electron chi connectivity index (χ3n) is 2.29. The van der Waals surface area contributed by atoms with E-state index in [2.05, 4.69) is 11.9 Å². The van der Waals surface area contributed by atoms with E-state index >= 15 is 0 Å². The number of carbonyl (C=O) groups is 1. The molecule has 1 N–H and O–H groups in total. The minimum Gasteiger partial charge on any atom is -0.375 e. The number of rotatable bonds is 7. The van der Waals surface area contributed by atoms with Gasteiger partial charge in [0.15, 0.2) is 0 Å². The van der Waals surface area contributed by atoms with E-state index < -0.39 is 10.8 Å². The molecule has 20 heavy (non-hydrogen) atoms. The molecule has 6 nitrogen and oxygen atoms in total. The van der Waals surface area contributed by atoms with Crippen LogP contribution in [0, 0.1) is 10.1 Å². The fourth-order valence-electron chi connectivity index (χ4n) is 1.38. The SMILES string of the molecule is C=C(C)COCCNC(=O)c1ccc(Cl)c([N+](=O)[O-])c1. The largest absolute Gasteiger partial charge is 0.375 e. The van der Waals surface area contributed by atoms with Crippen molar-refractivity contribution in [2.75, 3.05) is 19.8 Å². The zero-order chi connectivity index (χ0) is 15.1. The van der Waals surface area contributed by atoms with E-state index in [-0.39, 0.29) is 16.3 Å². The first-order valence-electron chi connectivity index (χ1n) is 5.86. The Morgan fingerprint density at radius 3 is 2.85 bits per heavy atom. The molecule has 108 valence electrons. The number of nitrogens with one attached hydrogen (secondary N) is 1. The molecule has 0 aliphatic heterocycles. The highest BCUT2D eigenvalue weighted by Gasteiger charge is 2.15. The molecule has 0 aromatic heterocycles. The van der Waals surface area contributed by atoms with Gasteiger partial charge in [-0.2, -0.15) is 0 Å². The van der Waals surface area contributed by atoms with E-state index in [0.717, 1.165) is 11.6 Å². The Morgan fingerprint density at radius 2 is 2.25 bits per heavy atom. The fourth-order valence-corrected chi connectivity index (χ4v) is 1.57. The third-order valence-corrected chi connectivity index (χ3v) is 2.61. The minimum atomic E-state index is -0.630. The summed E-state index contributed by atoms with van der Waals surface area (Å²) in [5, 5.41) is 13.3. The van der Waals surface area contributed by atoms with Crippen LogP contribution in [0.25, 0.3) is 0 Å². The highest BCUT2D eigenvalue weighted by molar-refractivity contribution is 6.32. The second kappa shape index (κ2) is 7.62. The molecule has 0 radical (unpaired) electrons. The topological polar surface area (TPSA) is 81.5 Å². The lowest BCUT2D eigenvalue weighted by Crippen LogP contribution is -2.27. The summed E-state index contributed by atoms with van der Waals surface area (Å²) >= 11 is 5.67. The zero-order valence-electron chi connectivity index (χ0n) is 11.0. The molecule has 0 bridgehead atoms. The summed E-state index contributed by atoms with van der Waals surface area (Å²) in [5.41, 5.74) is 0.781. The van der Waals surface area contributed by atoms with Gasteiger partial charge in [-0.05, 0) is 19.1 Å². The van der Waals surface area contributed by atoms with Crippen molar-refractivity contribution in [1.29, 1.82) is 0 Å². The zero-order valence-corrected chi connectivity index (χ0v) is 11.8. The van der Waals surface area contributed by atoms with Crippen LogP contribution in [0.2, 0.25) is 5.02 Å². The van der Waals surface area contributed by atoms with Gasteiger partial charge < -0.3 is 10.1 Å². The molecule has 7 heteroatoms. The predicted octanol–water partition coefficient (Wildman–Crippen LogP) is 2.57. The molecule has 1 amide bonds. The van der Waals surface area contributed by atoms with E-state index in [4.69, 9.17) is 16.3 Å². The number of nitro groups is 1. The lowest BCUT2D eigenvalue weighted by molar-refractivity contribution is -0.384. The summed E-state index contributed by atoms with van der Waals surface area (Å²) in [6.07, 6.45) is 0. The molecule has 0 saturated carbocycles. The number of halogens is 1. The van der Waals surface area contributed by atoms with E-state index in [0.29, 0.717) is 19.8 Å². The van der Waals surface area contributed by atoms with Gasteiger partial charge in [-0.3, -0.25) is 14.9 Å². The van der Waals surface area contributed by atoms with Crippen LogP contribution in [0.5, 0.6) is 0 Å². The van der Waals surface area contributed by atoms with Crippen LogP contribution >= 0.6 is 11.6 Å². The van der Waals surface area contributed by atoms with E-state index in [1.165, 1.54) is 12.1 Å². The molecule has 0 aliphatic carbocycles. The second-order valence-electron chi connectivity index (χ2n) is 4.19. The molecule has 0 atom stereocenters. The Balaban J connectivity index is 2.53. The van der Waals surface area contributed by atoms with Crippen molar-refractivity contribution in [3.63, 3.8) is 0 Å². The predicted molar refractivity (Wildman–Crippen MR) is 76.1 cm³/mol. The second-order valence-corrected chi connectivity index (χ2v) is 4.60. The highest BCUT2D eigenvalue weighted by Crippen LogP contribution is 2.24. The van der Waals surface area contributed by atoms with Crippen molar-refractivity contribution in [3.05, 3.63) is 51.1 Å². The van der Waals surface area contributed by atoms with Gasteiger partial charge in [0.05, 0.1) is 18.1 Å². The molecule has 0 saturated heterocycles. The van der Waals surface area contributed by atoms with Gasteiger partial charge in [0.1, 0.15) is 5.02 Å². The summed E-state index contributed by atoms with van der Waals surface area (Å²) in [4.78, 5) is 21.9. The molecule has 1 aromatic rings. The summed E-state index contributed by atoms with van der Waals surface area (Å²) in [7, 11) is 0. The number of nitro benzene ring substituents is 1. The van der Waals surface area contributed by atoms with Crippen LogP contribution in [0.15, 0.2) is 30.4 Å². The van der Waals surface area contributed by atoms with Gasteiger partial charge in [0, 0.05) is 18.2 Å². The Labute approximate surface area is 121 Å². The molecule has 0 unspecified atom stereocenters. The first-order valence-corrected chi connectivity index (χ1v) is 6.24. The number of carbonyl (C=O) groups excluding carboxylic acids is 1. The van der Waals surface area contributed by atoms with Gasteiger partial charge in [0.2, 0.25) is 0 Å². The summed E-state index contributed by atoms with van der Waals surface area (Å²) in [6.45, 7) is 6.60. The normalized spacial score (nSPS) is 10.1.